The summed E-state index contributed by atoms with van der Waals surface area (Å²) in [4.78, 5) is 2.56. The highest BCUT2D eigenvalue weighted by Crippen LogP contribution is 2.40. The van der Waals surface area contributed by atoms with Gasteiger partial charge in [-0.25, -0.2) is 0 Å². The Labute approximate surface area is 130 Å². The molecule has 0 saturated heterocycles. The van der Waals surface area contributed by atoms with E-state index in [9.17, 15) is 5.11 Å². The van der Waals surface area contributed by atoms with Gasteiger partial charge in [0.2, 0.25) is 0 Å². The fourth-order valence-corrected chi connectivity index (χ4v) is 4.34. The van der Waals surface area contributed by atoms with Crippen molar-refractivity contribution < 1.29 is 5.11 Å². The van der Waals surface area contributed by atoms with E-state index in [2.05, 4.69) is 24.2 Å². The van der Waals surface area contributed by atoms with E-state index >= 15 is 0 Å². The SMILES string of the molecule is CC1CCC(CNC2CC2)(CN(C)CC2CC(O)C2)CC1. The summed E-state index contributed by atoms with van der Waals surface area (Å²) in [6.07, 6.45) is 10.4. The van der Waals surface area contributed by atoms with Crippen molar-refractivity contribution in [2.45, 2.75) is 70.4 Å². The predicted molar refractivity (Wildman–Crippen MR) is 87.3 cm³/mol. The molecule has 3 nitrogen and oxygen atoms in total. The molecule has 3 aliphatic carbocycles. The first kappa shape index (κ1) is 15.8. The van der Waals surface area contributed by atoms with Crippen LogP contribution in [0.2, 0.25) is 0 Å². The Balaban J connectivity index is 1.50. The molecular formula is C18H34N2O. The van der Waals surface area contributed by atoms with Crippen LogP contribution in [0.3, 0.4) is 0 Å². The van der Waals surface area contributed by atoms with Crippen molar-refractivity contribution in [2.75, 3.05) is 26.7 Å². The molecule has 3 heteroatoms. The first-order chi connectivity index (χ1) is 10.0. The van der Waals surface area contributed by atoms with E-state index in [0.717, 1.165) is 30.7 Å². The van der Waals surface area contributed by atoms with Gasteiger partial charge in [0.05, 0.1) is 6.10 Å². The molecule has 3 rings (SSSR count). The summed E-state index contributed by atoms with van der Waals surface area (Å²) < 4.78 is 0. The van der Waals surface area contributed by atoms with Crippen molar-refractivity contribution in [3.8, 4) is 0 Å². The number of nitrogens with one attached hydrogen (secondary N) is 1. The Morgan fingerprint density at radius 1 is 1.14 bits per heavy atom. The number of hydrogen-bond donors (Lipinski definition) is 2. The highest BCUT2D eigenvalue weighted by molar-refractivity contribution is 4.93. The molecule has 0 aromatic heterocycles. The second-order valence-corrected chi connectivity index (χ2v) is 8.53. The van der Waals surface area contributed by atoms with Crippen molar-refractivity contribution in [3.05, 3.63) is 0 Å². The normalized spacial score (nSPS) is 40.3. The molecule has 0 amide bonds. The minimum Gasteiger partial charge on any atom is -0.393 e. The first-order valence-corrected chi connectivity index (χ1v) is 9.15. The highest BCUT2D eigenvalue weighted by Gasteiger charge is 2.37. The van der Waals surface area contributed by atoms with Gasteiger partial charge in [-0.3, -0.25) is 0 Å². The molecule has 122 valence electrons. The molecule has 2 N–H and O–H groups in total. The van der Waals surface area contributed by atoms with Gasteiger partial charge in [-0.2, -0.15) is 0 Å². The minimum atomic E-state index is -0.00979. The van der Waals surface area contributed by atoms with Gasteiger partial charge in [-0.05, 0) is 62.8 Å². The lowest BCUT2D eigenvalue weighted by Gasteiger charge is -2.44. The lowest BCUT2D eigenvalue weighted by atomic mass is 9.70. The zero-order chi connectivity index (χ0) is 14.9. The van der Waals surface area contributed by atoms with Crippen LogP contribution in [-0.2, 0) is 0 Å². The second kappa shape index (κ2) is 6.55. The smallest absolute Gasteiger partial charge is 0.0546 e. The van der Waals surface area contributed by atoms with Gasteiger partial charge in [-0.15, -0.1) is 0 Å². The zero-order valence-electron chi connectivity index (χ0n) is 14.0. The second-order valence-electron chi connectivity index (χ2n) is 8.53. The van der Waals surface area contributed by atoms with Crippen LogP contribution in [0.25, 0.3) is 0 Å². The fourth-order valence-electron chi connectivity index (χ4n) is 4.34. The topological polar surface area (TPSA) is 35.5 Å². The molecular weight excluding hydrogens is 260 g/mol. The zero-order valence-corrected chi connectivity index (χ0v) is 14.0. The Morgan fingerprint density at radius 3 is 2.38 bits per heavy atom. The summed E-state index contributed by atoms with van der Waals surface area (Å²) in [7, 11) is 2.29. The molecule has 0 aromatic carbocycles. The van der Waals surface area contributed by atoms with Crippen molar-refractivity contribution in [1.29, 1.82) is 0 Å². The van der Waals surface area contributed by atoms with E-state index in [1.807, 2.05) is 0 Å². The largest absolute Gasteiger partial charge is 0.393 e. The number of aliphatic hydroxyl groups is 1. The van der Waals surface area contributed by atoms with E-state index < -0.39 is 0 Å². The van der Waals surface area contributed by atoms with Crippen molar-refractivity contribution in [1.82, 2.24) is 10.2 Å². The monoisotopic (exact) mass is 294 g/mol. The van der Waals surface area contributed by atoms with Crippen LogP contribution in [0.5, 0.6) is 0 Å². The van der Waals surface area contributed by atoms with Gasteiger partial charge in [0.1, 0.15) is 0 Å². The molecule has 3 aliphatic rings. The average Bonchev–Trinajstić information content (AvgIpc) is 3.22. The molecule has 0 unspecified atom stereocenters. The minimum absolute atomic E-state index is 0.00979. The summed E-state index contributed by atoms with van der Waals surface area (Å²) in [5, 5.41) is 13.3. The van der Waals surface area contributed by atoms with Crippen LogP contribution < -0.4 is 5.32 Å². The highest BCUT2D eigenvalue weighted by atomic mass is 16.3. The quantitative estimate of drug-likeness (QED) is 0.758. The van der Waals surface area contributed by atoms with E-state index in [4.69, 9.17) is 0 Å². The maximum atomic E-state index is 9.46. The number of nitrogens with zero attached hydrogens (tertiary/aromatic N) is 1. The number of aliphatic hydroxyl groups excluding tert-OH is 1. The van der Waals surface area contributed by atoms with Crippen LogP contribution in [0.1, 0.15) is 58.3 Å². The number of rotatable bonds is 7. The van der Waals surface area contributed by atoms with Crippen molar-refractivity contribution >= 4 is 0 Å². The summed E-state index contributed by atoms with van der Waals surface area (Å²) in [5.74, 6) is 1.66. The van der Waals surface area contributed by atoms with E-state index in [1.54, 1.807) is 0 Å². The molecule has 3 saturated carbocycles. The molecule has 3 fully saturated rings. The summed E-state index contributed by atoms with van der Waals surface area (Å²) in [6.45, 7) is 6.06. The molecule has 0 bridgehead atoms. The van der Waals surface area contributed by atoms with Crippen LogP contribution in [0.15, 0.2) is 0 Å². The van der Waals surface area contributed by atoms with Gasteiger partial charge in [0, 0.05) is 25.7 Å². The van der Waals surface area contributed by atoms with Gasteiger partial charge >= 0.3 is 0 Å². The van der Waals surface area contributed by atoms with Gasteiger partial charge in [-0.1, -0.05) is 19.8 Å². The molecule has 0 aliphatic heterocycles. The molecule has 0 radical (unpaired) electrons. The third kappa shape index (κ3) is 4.43. The fraction of sp³-hybridized carbons (Fsp3) is 1.00. The first-order valence-electron chi connectivity index (χ1n) is 9.15. The molecule has 0 heterocycles. The van der Waals surface area contributed by atoms with Crippen molar-refractivity contribution in [2.24, 2.45) is 17.3 Å². The van der Waals surface area contributed by atoms with Crippen LogP contribution in [-0.4, -0.2) is 48.8 Å². The third-order valence-corrected chi connectivity index (χ3v) is 6.06. The van der Waals surface area contributed by atoms with Gasteiger partial charge in [0.25, 0.3) is 0 Å². The molecule has 0 aromatic rings. The van der Waals surface area contributed by atoms with E-state index in [-0.39, 0.29) is 6.10 Å². The van der Waals surface area contributed by atoms with Crippen LogP contribution in [0.4, 0.5) is 0 Å². The van der Waals surface area contributed by atoms with Gasteiger partial charge in [0.15, 0.2) is 0 Å². The number of hydrogen-bond acceptors (Lipinski definition) is 3. The Bertz CT molecular complexity index is 328. The van der Waals surface area contributed by atoms with Gasteiger partial charge < -0.3 is 15.3 Å². The average molecular weight is 294 g/mol. The predicted octanol–water partition coefficient (Wildman–Crippen LogP) is 2.64. The van der Waals surface area contributed by atoms with Crippen LogP contribution in [0, 0.1) is 17.3 Å². The Hall–Kier alpha value is -0.120. The third-order valence-electron chi connectivity index (χ3n) is 6.06. The van der Waals surface area contributed by atoms with E-state index in [0.29, 0.717) is 5.41 Å². The maximum absolute atomic E-state index is 9.46. The van der Waals surface area contributed by atoms with Crippen molar-refractivity contribution in [3.63, 3.8) is 0 Å². The molecule has 0 spiro atoms. The summed E-state index contributed by atoms with van der Waals surface area (Å²) in [5.41, 5.74) is 0.506. The standard InChI is InChI=1S/C18H34N2O/c1-14-5-7-18(8-6-14,12-19-16-3-4-16)13-20(2)11-15-9-17(21)10-15/h14-17,19,21H,3-13H2,1-2H3. The lowest BCUT2D eigenvalue weighted by Crippen LogP contribution is -2.47. The summed E-state index contributed by atoms with van der Waals surface area (Å²) >= 11 is 0. The maximum Gasteiger partial charge on any atom is 0.0546 e. The Kier molecular flexibility index (Phi) is 4.92. The van der Waals surface area contributed by atoms with Crippen LogP contribution >= 0.6 is 0 Å². The Morgan fingerprint density at radius 2 is 1.81 bits per heavy atom. The van der Waals surface area contributed by atoms with E-state index in [1.165, 1.54) is 58.2 Å². The lowest BCUT2D eigenvalue weighted by molar-refractivity contribution is 0.0163. The molecule has 0 atom stereocenters. The summed E-state index contributed by atoms with van der Waals surface area (Å²) in [6, 6.07) is 0.827. The molecule has 21 heavy (non-hydrogen) atoms.